The van der Waals surface area contributed by atoms with Crippen molar-refractivity contribution in [2.75, 3.05) is 23.9 Å². The zero-order valence-electron chi connectivity index (χ0n) is 17.1. The molecule has 2 N–H and O–H groups in total. The van der Waals surface area contributed by atoms with Gasteiger partial charge in [0, 0.05) is 36.6 Å². The van der Waals surface area contributed by atoms with Gasteiger partial charge in [-0.3, -0.25) is 18.7 Å². The summed E-state index contributed by atoms with van der Waals surface area (Å²) in [6.07, 6.45) is 1.99. The van der Waals surface area contributed by atoms with Crippen molar-refractivity contribution in [2.24, 2.45) is 0 Å². The minimum Gasteiger partial charge on any atom is -0.312 e. The molecule has 0 aromatic heterocycles. The molecule has 32 heavy (non-hydrogen) atoms. The van der Waals surface area contributed by atoms with Crippen LogP contribution in [-0.2, 0) is 29.8 Å². The van der Waals surface area contributed by atoms with Crippen LogP contribution in [0.3, 0.4) is 0 Å². The molecule has 10 nitrogen and oxygen atoms in total. The third-order valence-electron chi connectivity index (χ3n) is 4.56. The first-order chi connectivity index (χ1) is 14.7. The van der Waals surface area contributed by atoms with Gasteiger partial charge in [0.05, 0.1) is 0 Å². The van der Waals surface area contributed by atoms with E-state index < -0.39 is 41.8 Å². The fraction of sp³-hybridized carbons (Fsp3) is 0.100. The summed E-state index contributed by atoms with van der Waals surface area (Å²) in [5.41, 5.74) is -0.361. The number of hydrogen-bond donors (Lipinski definition) is 2. The van der Waals surface area contributed by atoms with Gasteiger partial charge in [-0.15, -0.1) is 0 Å². The Balaban J connectivity index is 2.84. The van der Waals surface area contributed by atoms with Crippen LogP contribution in [0.2, 0.25) is 0 Å². The normalized spacial score (nSPS) is 11.5. The molecule has 0 aliphatic carbocycles. The smallest absolute Gasteiger partial charge is 0.295 e. The summed E-state index contributed by atoms with van der Waals surface area (Å²) in [4.78, 5) is 24.4. The van der Waals surface area contributed by atoms with Crippen LogP contribution in [0.5, 0.6) is 0 Å². The molecule has 0 fully saturated rings. The van der Waals surface area contributed by atoms with E-state index in [0.29, 0.717) is 0 Å². The van der Waals surface area contributed by atoms with Gasteiger partial charge < -0.3 is 9.80 Å². The van der Waals surface area contributed by atoms with E-state index in [-0.39, 0.29) is 22.5 Å². The number of nitrogens with zero attached hydrogens (tertiary/aromatic N) is 2. The third-order valence-corrected chi connectivity index (χ3v) is 6.35. The molecule has 2 rings (SSSR count). The van der Waals surface area contributed by atoms with E-state index in [1.165, 1.54) is 38.4 Å². The zero-order chi connectivity index (χ0) is 24.4. The van der Waals surface area contributed by atoms with Crippen molar-refractivity contribution in [2.45, 2.75) is 9.79 Å². The Morgan fingerprint density at radius 3 is 1.31 bits per heavy atom. The van der Waals surface area contributed by atoms with Crippen LogP contribution in [-0.4, -0.2) is 51.9 Å². The molecule has 0 aliphatic heterocycles. The maximum atomic E-state index is 12.1. The van der Waals surface area contributed by atoms with Crippen LogP contribution in [0.4, 0.5) is 11.4 Å². The number of hydrogen-bond acceptors (Lipinski definition) is 6. The average molecular weight is 481 g/mol. The van der Waals surface area contributed by atoms with E-state index in [1.807, 2.05) is 0 Å². The van der Waals surface area contributed by atoms with Gasteiger partial charge in [0.1, 0.15) is 9.79 Å². The maximum Gasteiger partial charge on any atom is 0.295 e. The second-order valence-corrected chi connectivity index (χ2v) is 9.29. The van der Waals surface area contributed by atoms with E-state index in [2.05, 4.69) is 13.2 Å². The highest BCUT2D eigenvalue weighted by molar-refractivity contribution is 7.86. The molecule has 12 heteroatoms. The Kier molecular flexibility index (Phi) is 7.05. The summed E-state index contributed by atoms with van der Waals surface area (Å²) in [5.74, 6) is -1.12. The molecule has 0 atom stereocenters. The Morgan fingerprint density at radius 1 is 0.750 bits per heavy atom. The Labute approximate surface area is 185 Å². The van der Waals surface area contributed by atoms with Gasteiger partial charge in [-0.2, -0.15) is 16.8 Å². The molecule has 2 aromatic carbocycles. The second kappa shape index (κ2) is 9.04. The molecular formula is C20H20N2O8S2. The average Bonchev–Trinajstić information content (AvgIpc) is 2.74. The van der Waals surface area contributed by atoms with Crippen molar-refractivity contribution in [1.29, 1.82) is 0 Å². The van der Waals surface area contributed by atoms with Crippen LogP contribution in [0.25, 0.3) is 11.1 Å². The van der Waals surface area contributed by atoms with Gasteiger partial charge >= 0.3 is 0 Å². The lowest BCUT2D eigenvalue weighted by Gasteiger charge is -2.20. The van der Waals surface area contributed by atoms with Crippen LogP contribution in [0, 0.1) is 0 Å². The first kappa shape index (κ1) is 24.9. The van der Waals surface area contributed by atoms with Crippen molar-refractivity contribution in [3.63, 3.8) is 0 Å². The van der Waals surface area contributed by atoms with Gasteiger partial charge in [0.25, 0.3) is 20.2 Å². The van der Waals surface area contributed by atoms with Crippen molar-refractivity contribution < 1.29 is 35.5 Å². The molecule has 170 valence electrons. The lowest BCUT2D eigenvalue weighted by atomic mass is 10.0. The van der Waals surface area contributed by atoms with Crippen molar-refractivity contribution in [3.8, 4) is 11.1 Å². The summed E-state index contributed by atoms with van der Waals surface area (Å²) < 4.78 is 67.7. The molecule has 0 saturated heterocycles. The van der Waals surface area contributed by atoms with Gasteiger partial charge in [0.15, 0.2) is 0 Å². The second-order valence-electron chi connectivity index (χ2n) is 6.51. The van der Waals surface area contributed by atoms with Crippen LogP contribution < -0.4 is 9.80 Å². The monoisotopic (exact) mass is 480 g/mol. The molecule has 0 heterocycles. The van der Waals surface area contributed by atoms with Gasteiger partial charge in [-0.05, 0) is 36.4 Å². The standard InChI is InChI=1S/C20H20N2O8S2/c1-5-19(23)21(3)13-7-9-15(17(11-13)31(25,26)27)16-10-8-14(22(4)20(24)6-2)12-18(16)32(28,29)30/h5-12H,1-2H2,3-4H3,(H,25,26,27)(H,28,29,30). The van der Waals surface area contributed by atoms with E-state index in [1.54, 1.807) is 0 Å². The molecule has 0 spiro atoms. The molecule has 0 radical (unpaired) electrons. The predicted octanol–water partition coefficient (Wildman–Crippen LogP) is 2.14. The van der Waals surface area contributed by atoms with Gasteiger partial charge in [-0.25, -0.2) is 0 Å². The number of carbonyl (C=O) groups excluding carboxylic acids is 2. The molecule has 0 unspecified atom stereocenters. The van der Waals surface area contributed by atoms with E-state index in [0.717, 1.165) is 34.1 Å². The highest BCUT2D eigenvalue weighted by atomic mass is 32.2. The van der Waals surface area contributed by atoms with Gasteiger partial charge in [-0.1, -0.05) is 25.3 Å². The summed E-state index contributed by atoms with van der Waals surface area (Å²) in [7, 11) is -7.10. The minimum absolute atomic E-state index is 0.0765. The van der Waals surface area contributed by atoms with Crippen LogP contribution in [0.15, 0.2) is 71.5 Å². The summed E-state index contributed by atoms with van der Waals surface area (Å²) in [6.45, 7) is 6.67. The topological polar surface area (TPSA) is 149 Å². The summed E-state index contributed by atoms with van der Waals surface area (Å²) in [5, 5.41) is 0. The van der Waals surface area contributed by atoms with E-state index in [9.17, 15) is 35.5 Å². The molecule has 0 aliphatic rings. The molecular weight excluding hydrogens is 460 g/mol. The molecule has 2 aromatic rings. The highest BCUT2D eigenvalue weighted by Gasteiger charge is 2.25. The number of benzene rings is 2. The number of amides is 2. The van der Waals surface area contributed by atoms with Crippen molar-refractivity contribution in [1.82, 2.24) is 0 Å². The van der Waals surface area contributed by atoms with Crippen molar-refractivity contribution >= 4 is 43.4 Å². The quantitative estimate of drug-likeness (QED) is 0.452. The molecule has 2 amide bonds. The molecule has 0 bridgehead atoms. The zero-order valence-corrected chi connectivity index (χ0v) is 18.7. The lowest BCUT2D eigenvalue weighted by Crippen LogP contribution is -2.24. The number of likely N-dealkylation sites (N-methyl/N-ethyl adjacent to an activating group) is 2. The lowest BCUT2D eigenvalue weighted by molar-refractivity contribution is -0.114. The fourth-order valence-electron chi connectivity index (χ4n) is 2.84. The number of carbonyl (C=O) groups is 2. The highest BCUT2D eigenvalue weighted by Crippen LogP contribution is 2.36. The third kappa shape index (κ3) is 5.11. The molecule has 0 saturated carbocycles. The van der Waals surface area contributed by atoms with Crippen LogP contribution >= 0.6 is 0 Å². The number of anilines is 2. The van der Waals surface area contributed by atoms with Crippen molar-refractivity contribution in [3.05, 3.63) is 61.7 Å². The van der Waals surface area contributed by atoms with Gasteiger partial charge in [0.2, 0.25) is 11.8 Å². The Bertz CT molecular complexity index is 1230. The largest absolute Gasteiger partial charge is 0.312 e. The first-order valence-electron chi connectivity index (χ1n) is 8.76. The first-order valence-corrected chi connectivity index (χ1v) is 11.6. The predicted molar refractivity (Wildman–Crippen MR) is 119 cm³/mol. The summed E-state index contributed by atoms with van der Waals surface area (Å²) in [6, 6.07) is 6.93. The van der Waals surface area contributed by atoms with E-state index in [4.69, 9.17) is 0 Å². The SMILES string of the molecule is C=CC(=O)N(C)c1ccc(-c2ccc(N(C)C(=O)C=C)cc2S(=O)(=O)O)c(S(=O)(=O)O)c1. The minimum atomic E-state index is -4.89. The Morgan fingerprint density at radius 2 is 1.06 bits per heavy atom. The number of rotatable bonds is 7. The van der Waals surface area contributed by atoms with E-state index >= 15 is 0 Å². The van der Waals surface area contributed by atoms with Crippen LogP contribution in [0.1, 0.15) is 0 Å². The fourth-order valence-corrected chi connectivity index (χ4v) is 4.29. The Hall–Kier alpha value is -3.32. The summed E-state index contributed by atoms with van der Waals surface area (Å²) >= 11 is 0. The maximum absolute atomic E-state index is 12.1.